The molecule has 0 atom stereocenters. The molecule has 2 aromatic carbocycles. The van der Waals surface area contributed by atoms with Crippen LogP contribution in [0.15, 0.2) is 36.4 Å². The highest BCUT2D eigenvalue weighted by molar-refractivity contribution is 6.32. The molecule has 156 valence electrons. The first-order chi connectivity index (χ1) is 14.5. The van der Waals surface area contributed by atoms with Crippen molar-refractivity contribution in [3.05, 3.63) is 58.7 Å². The van der Waals surface area contributed by atoms with Crippen LogP contribution >= 0.6 is 0 Å². The molecule has 4 rings (SSSR count). The molecule has 0 unspecified atom stereocenters. The molecule has 0 bridgehead atoms. The zero-order valence-corrected chi connectivity index (χ0v) is 17.4. The van der Waals surface area contributed by atoms with Crippen molar-refractivity contribution in [3.8, 4) is 0 Å². The molecule has 1 amide bonds. The van der Waals surface area contributed by atoms with E-state index in [9.17, 15) is 14.4 Å². The predicted octanol–water partition coefficient (Wildman–Crippen LogP) is 4.98. The number of amides is 1. The highest BCUT2D eigenvalue weighted by Gasteiger charge is 2.34. The molecule has 2 aromatic rings. The maximum absolute atomic E-state index is 13.2. The third kappa shape index (κ3) is 3.64. The van der Waals surface area contributed by atoms with Gasteiger partial charge in [-0.05, 0) is 43.7 Å². The lowest BCUT2D eigenvalue weighted by Crippen LogP contribution is -2.29. The van der Waals surface area contributed by atoms with Gasteiger partial charge in [0.05, 0.1) is 16.8 Å². The van der Waals surface area contributed by atoms with E-state index in [0.29, 0.717) is 22.7 Å². The molecule has 2 aliphatic rings. The van der Waals surface area contributed by atoms with Crippen LogP contribution in [0.5, 0.6) is 0 Å². The van der Waals surface area contributed by atoms with Crippen molar-refractivity contribution >= 4 is 28.8 Å². The number of hydrogen-bond donors (Lipinski definition) is 2. The molecule has 0 heterocycles. The van der Waals surface area contributed by atoms with Crippen molar-refractivity contribution in [2.24, 2.45) is 11.8 Å². The van der Waals surface area contributed by atoms with Gasteiger partial charge in [0.25, 0.3) is 0 Å². The molecule has 1 fully saturated rings. The molecule has 5 heteroatoms. The van der Waals surface area contributed by atoms with Gasteiger partial charge in [-0.2, -0.15) is 0 Å². The van der Waals surface area contributed by atoms with E-state index in [1.54, 1.807) is 36.4 Å². The van der Waals surface area contributed by atoms with Crippen LogP contribution in [0.3, 0.4) is 0 Å². The van der Waals surface area contributed by atoms with E-state index < -0.39 is 0 Å². The molecular weight excluding hydrogens is 376 g/mol. The number of fused-ring (bicyclic) bond motifs is 2. The van der Waals surface area contributed by atoms with Gasteiger partial charge >= 0.3 is 0 Å². The van der Waals surface area contributed by atoms with Crippen LogP contribution in [0.1, 0.15) is 83.7 Å². The summed E-state index contributed by atoms with van der Waals surface area (Å²) in [6.45, 7) is 2.21. The van der Waals surface area contributed by atoms with Gasteiger partial charge in [-0.1, -0.05) is 50.5 Å². The van der Waals surface area contributed by atoms with E-state index in [1.807, 2.05) is 0 Å². The molecular formula is C25H28N2O3. The van der Waals surface area contributed by atoms with Crippen LogP contribution in [0.2, 0.25) is 0 Å². The Morgan fingerprint density at radius 1 is 0.967 bits per heavy atom. The summed E-state index contributed by atoms with van der Waals surface area (Å²) in [5.74, 6) is 0.0399. The van der Waals surface area contributed by atoms with Crippen molar-refractivity contribution in [3.63, 3.8) is 0 Å². The maximum atomic E-state index is 13.2. The number of nitrogens with one attached hydrogen (secondary N) is 1. The molecule has 30 heavy (non-hydrogen) atoms. The lowest BCUT2D eigenvalue weighted by Gasteiger charge is -2.28. The second kappa shape index (κ2) is 8.42. The van der Waals surface area contributed by atoms with Crippen LogP contribution in [0, 0.1) is 11.8 Å². The van der Waals surface area contributed by atoms with E-state index in [0.717, 1.165) is 25.7 Å². The minimum Gasteiger partial charge on any atom is -0.398 e. The fourth-order valence-corrected chi connectivity index (χ4v) is 4.79. The zero-order chi connectivity index (χ0) is 21.3. The van der Waals surface area contributed by atoms with Gasteiger partial charge in [-0.3, -0.25) is 14.4 Å². The number of nitrogen functional groups attached to an aromatic ring is 1. The van der Waals surface area contributed by atoms with Gasteiger partial charge in [0.2, 0.25) is 5.91 Å². The Bertz CT molecular complexity index is 1000. The normalized spacial score (nSPS) is 20.4. The number of unbranched alkanes of at least 4 members (excludes halogenated alkanes) is 1. The first-order valence-electron chi connectivity index (χ1n) is 10.9. The van der Waals surface area contributed by atoms with Gasteiger partial charge in [0.15, 0.2) is 11.6 Å². The quantitative estimate of drug-likeness (QED) is 0.587. The Hall–Kier alpha value is -2.95. The summed E-state index contributed by atoms with van der Waals surface area (Å²) < 4.78 is 0. The lowest BCUT2D eigenvalue weighted by atomic mass is 9.79. The summed E-state index contributed by atoms with van der Waals surface area (Å²) >= 11 is 0. The Labute approximate surface area is 177 Å². The van der Waals surface area contributed by atoms with Crippen LogP contribution < -0.4 is 11.1 Å². The average molecular weight is 405 g/mol. The number of carbonyl (C=O) groups is 3. The Morgan fingerprint density at radius 3 is 2.23 bits per heavy atom. The molecule has 5 nitrogen and oxygen atoms in total. The Kier molecular flexibility index (Phi) is 5.71. The van der Waals surface area contributed by atoms with Gasteiger partial charge in [-0.15, -0.1) is 0 Å². The Morgan fingerprint density at radius 2 is 1.60 bits per heavy atom. The van der Waals surface area contributed by atoms with E-state index in [4.69, 9.17) is 5.73 Å². The van der Waals surface area contributed by atoms with Crippen molar-refractivity contribution in [2.45, 2.75) is 51.9 Å². The lowest BCUT2D eigenvalue weighted by molar-refractivity contribution is -0.121. The van der Waals surface area contributed by atoms with Crippen molar-refractivity contribution < 1.29 is 14.4 Å². The fourth-order valence-electron chi connectivity index (χ4n) is 4.79. The fraction of sp³-hybridized carbons (Fsp3) is 0.400. The Balaban J connectivity index is 1.56. The van der Waals surface area contributed by atoms with Crippen LogP contribution in [-0.2, 0) is 4.79 Å². The number of anilines is 2. The summed E-state index contributed by atoms with van der Waals surface area (Å²) in [6.07, 6.45) is 7.58. The van der Waals surface area contributed by atoms with Gasteiger partial charge in [0, 0.05) is 22.7 Å². The molecule has 3 N–H and O–H groups in total. The topological polar surface area (TPSA) is 89.3 Å². The minimum atomic E-state index is -0.273. The monoisotopic (exact) mass is 404 g/mol. The second-order valence-corrected chi connectivity index (χ2v) is 8.51. The largest absolute Gasteiger partial charge is 0.398 e. The molecule has 0 saturated heterocycles. The number of rotatable bonds is 5. The standard InChI is InChI=1S/C25H28N2O3/c1-2-3-6-15-9-11-16(12-10-15)25(30)27-20-14-13-19(26)21-22(20)24(29)18-8-5-4-7-17(18)23(21)28/h4-5,7-8,13-16H,2-3,6,9-12,26H2,1H3,(H,27,30). The number of carbonyl (C=O) groups excluding carboxylic acids is 3. The summed E-state index contributed by atoms with van der Waals surface area (Å²) in [5.41, 5.74) is 7.82. The number of hydrogen-bond acceptors (Lipinski definition) is 4. The van der Waals surface area contributed by atoms with Crippen molar-refractivity contribution in [1.29, 1.82) is 0 Å². The average Bonchev–Trinajstić information content (AvgIpc) is 2.77. The first kappa shape index (κ1) is 20.3. The number of benzene rings is 2. The molecule has 0 aliphatic heterocycles. The van der Waals surface area contributed by atoms with E-state index >= 15 is 0 Å². The predicted molar refractivity (Wildman–Crippen MR) is 118 cm³/mol. The summed E-state index contributed by atoms with van der Waals surface area (Å²) in [6, 6.07) is 9.97. The van der Waals surface area contributed by atoms with Crippen LogP contribution in [-0.4, -0.2) is 17.5 Å². The number of nitrogens with two attached hydrogens (primary N) is 1. The van der Waals surface area contributed by atoms with Gasteiger partial charge in [-0.25, -0.2) is 0 Å². The summed E-state index contributed by atoms with van der Waals surface area (Å²) in [4.78, 5) is 39.1. The second-order valence-electron chi connectivity index (χ2n) is 8.51. The first-order valence-corrected chi connectivity index (χ1v) is 10.9. The van der Waals surface area contributed by atoms with Gasteiger partial charge in [0.1, 0.15) is 0 Å². The maximum Gasteiger partial charge on any atom is 0.227 e. The van der Waals surface area contributed by atoms with Crippen LogP contribution in [0.4, 0.5) is 11.4 Å². The number of ketones is 2. The van der Waals surface area contributed by atoms with E-state index in [1.165, 1.54) is 19.3 Å². The molecule has 0 radical (unpaired) electrons. The van der Waals surface area contributed by atoms with Crippen molar-refractivity contribution in [1.82, 2.24) is 0 Å². The smallest absolute Gasteiger partial charge is 0.227 e. The minimum absolute atomic E-state index is 0.0576. The summed E-state index contributed by atoms with van der Waals surface area (Å²) in [5, 5.41) is 2.94. The molecule has 0 aromatic heterocycles. The van der Waals surface area contributed by atoms with Gasteiger partial charge < -0.3 is 11.1 Å². The zero-order valence-electron chi connectivity index (χ0n) is 17.4. The third-order valence-electron chi connectivity index (χ3n) is 6.55. The van der Waals surface area contributed by atoms with Crippen molar-refractivity contribution in [2.75, 3.05) is 11.1 Å². The molecule has 0 spiro atoms. The van der Waals surface area contributed by atoms with Crippen LogP contribution in [0.25, 0.3) is 0 Å². The molecule has 1 saturated carbocycles. The third-order valence-corrected chi connectivity index (χ3v) is 6.55. The highest BCUT2D eigenvalue weighted by atomic mass is 16.2. The van der Waals surface area contributed by atoms with E-state index in [-0.39, 0.29) is 40.2 Å². The molecule has 2 aliphatic carbocycles. The SMILES string of the molecule is CCCCC1CCC(C(=O)Nc2ccc(N)c3c2C(=O)c2ccccc2C3=O)CC1. The summed E-state index contributed by atoms with van der Waals surface area (Å²) in [7, 11) is 0. The van der Waals surface area contributed by atoms with E-state index in [2.05, 4.69) is 12.2 Å². The highest BCUT2D eigenvalue weighted by Crippen LogP contribution is 2.37.